The number of carboxylic acid groups (broad SMARTS) is 1. The van der Waals surface area contributed by atoms with Crippen molar-refractivity contribution in [2.75, 3.05) is 6.61 Å². The fraction of sp³-hybridized carbons (Fsp3) is 0.118. The Bertz CT molecular complexity index is 900. The molecule has 0 aliphatic heterocycles. The summed E-state index contributed by atoms with van der Waals surface area (Å²) in [5.41, 5.74) is -1.17. The van der Waals surface area contributed by atoms with Gasteiger partial charge in [-0.15, -0.1) is 0 Å². The summed E-state index contributed by atoms with van der Waals surface area (Å²) in [4.78, 5) is 23.0. The molecule has 0 aliphatic carbocycles. The summed E-state index contributed by atoms with van der Waals surface area (Å²) in [6, 6.07) is 8.18. The van der Waals surface area contributed by atoms with Crippen LogP contribution in [0.15, 0.2) is 46.9 Å². The molecule has 0 atom stereocenters. The number of hydrogen-bond acceptors (Lipinski definition) is 4. The lowest BCUT2D eigenvalue weighted by atomic mass is 10.1. The summed E-state index contributed by atoms with van der Waals surface area (Å²) >= 11 is 3.16. The van der Waals surface area contributed by atoms with E-state index in [1.807, 2.05) is 0 Å². The van der Waals surface area contributed by atoms with Gasteiger partial charge in [0.2, 0.25) is 0 Å². The van der Waals surface area contributed by atoms with Crippen LogP contribution < -0.4 is 10.1 Å². The average molecular weight is 445 g/mol. The number of rotatable bonds is 5. The van der Waals surface area contributed by atoms with E-state index < -0.39 is 36.1 Å². The van der Waals surface area contributed by atoms with Crippen molar-refractivity contribution in [2.45, 2.75) is 6.18 Å². The SMILES string of the molecule is N=C(NC(=O)c1cc(Br)ccc1OCC(=O)O)c1cccc(C(F)(F)F)c1. The van der Waals surface area contributed by atoms with E-state index in [1.165, 1.54) is 24.3 Å². The number of nitrogens with one attached hydrogen (secondary N) is 2. The Kier molecular flexibility index (Phi) is 6.21. The van der Waals surface area contributed by atoms with Crippen molar-refractivity contribution in [3.8, 4) is 5.75 Å². The van der Waals surface area contributed by atoms with Gasteiger partial charge in [0, 0.05) is 10.0 Å². The lowest BCUT2D eigenvalue weighted by Gasteiger charge is -2.13. The summed E-state index contributed by atoms with van der Waals surface area (Å²) in [5, 5.41) is 18.7. The molecule has 1 amide bonds. The van der Waals surface area contributed by atoms with Gasteiger partial charge in [-0.1, -0.05) is 28.1 Å². The zero-order valence-corrected chi connectivity index (χ0v) is 15.0. The molecular weight excluding hydrogens is 433 g/mol. The molecule has 0 aliphatic rings. The van der Waals surface area contributed by atoms with Gasteiger partial charge in [-0.2, -0.15) is 13.2 Å². The van der Waals surface area contributed by atoms with Gasteiger partial charge in [-0.25, -0.2) is 4.79 Å². The molecule has 142 valence electrons. The van der Waals surface area contributed by atoms with Gasteiger partial charge < -0.3 is 15.2 Å². The normalized spacial score (nSPS) is 11.0. The zero-order chi connectivity index (χ0) is 20.2. The van der Waals surface area contributed by atoms with E-state index in [2.05, 4.69) is 21.2 Å². The molecule has 27 heavy (non-hydrogen) atoms. The molecule has 6 nitrogen and oxygen atoms in total. The third-order valence-electron chi connectivity index (χ3n) is 3.25. The molecule has 0 fully saturated rings. The first kappa shape index (κ1) is 20.4. The maximum atomic E-state index is 12.8. The summed E-state index contributed by atoms with van der Waals surface area (Å²) in [7, 11) is 0. The lowest BCUT2D eigenvalue weighted by molar-refractivity contribution is -0.139. The molecule has 3 N–H and O–H groups in total. The summed E-state index contributed by atoms with van der Waals surface area (Å²) in [6.07, 6.45) is -4.58. The predicted octanol–water partition coefficient (Wildman–Crippen LogP) is 3.69. The second-order valence-electron chi connectivity index (χ2n) is 5.23. The highest BCUT2D eigenvalue weighted by Gasteiger charge is 2.30. The molecule has 2 aromatic carbocycles. The largest absolute Gasteiger partial charge is 0.481 e. The fourth-order valence-corrected chi connectivity index (χ4v) is 2.41. The highest BCUT2D eigenvalue weighted by molar-refractivity contribution is 9.10. The minimum Gasteiger partial charge on any atom is -0.481 e. The number of carboxylic acids is 1. The van der Waals surface area contributed by atoms with Crippen LogP contribution in [0.1, 0.15) is 21.5 Å². The van der Waals surface area contributed by atoms with Crippen LogP contribution in [0.4, 0.5) is 13.2 Å². The zero-order valence-electron chi connectivity index (χ0n) is 13.4. The van der Waals surface area contributed by atoms with Crippen molar-refractivity contribution in [3.63, 3.8) is 0 Å². The van der Waals surface area contributed by atoms with Crippen LogP contribution >= 0.6 is 15.9 Å². The van der Waals surface area contributed by atoms with Crippen molar-refractivity contribution in [2.24, 2.45) is 0 Å². The van der Waals surface area contributed by atoms with Crippen molar-refractivity contribution in [3.05, 3.63) is 63.6 Å². The number of benzene rings is 2. The van der Waals surface area contributed by atoms with Crippen molar-refractivity contribution >= 4 is 33.6 Å². The molecule has 0 radical (unpaired) electrons. The molecular formula is C17H12BrF3N2O4. The predicted molar refractivity (Wildman–Crippen MR) is 93.0 cm³/mol. The van der Waals surface area contributed by atoms with Gasteiger partial charge in [0.15, 0.2) is 6.61 Å². The van der Waals surface area contributed by atoms with Gasteiger partial charge in [-0.05, 0) is 30.3 Å². The molecule has 2 aromatic rings. The number of aliphatic carboxylic acids is 1. The Morgan fingerprint density at radius 3 is 2.52 bits per heavy atom. The number of carbonyl (C=O) groups is 2. The highest BCUT2D eigenvalue weighted by atomic mass is 79.9. The molecule has 0 bridgehead atoms. The summed E-state index contributed by atoms with van der Waals surface area (Å²) in [6.45, 7) is -0.688. The molecule has 0 aromatic heterocycles. The first-order chi connectivity index (χ1) is 12.6. The second kappa shape index (κ2) is 8.21. The molecule has 2 rings (SSSR count). The third kappa shape index (κ3) is 5.55. The minimum absolute atomic E-state index is 0.0463. The van der Waals surface area contributed by atoms with Crippen molar-refractivity contribution in [1.29, 1.82) is 5.41 Å². The lowest BCUT2D eigenvalue weighted by Crippen LogP contribution is -2.31. The standard InChI is InChI=1S/C17H12BrF3N2O4/c18-11-4-5-13(27-8-14(24)25)12(7-11)16(26)23-15(22)9-2-1-3-10(6-9)17(19,20)21/h1-7H,8H2,(H,24,25)(H2,22,23,26). The molecule has 0 spiro atoms. The number of alkyl halides is 3. The monoisotopic (exact) mass is 444 g/mol. The van der Waals surface area contributed by atoms with Crippen LogP contribution in [0.3, 0.4) is 0 Å². The maximum Gasteiger partial charge on any atom is 0.416 e. The number of amidine groups is 1. The molecule has 0 saturated heterocycles. The fourth-order valence-electron chi connectivity index (χ4n) is 2.05. The Hall–Kier alpha value is -2.88. The van der Waals surface area contributed by atoms with E-state index >= 15 is 0 Å². The average Bonchev–Trinajstić information content (AvgIpc) is 2.59. The summed E-state index contributed by atoms with van der Waals surface area (Å²) in [5.74, 6) is -2.68. The first-order valence-electron chi connectivity index (χ1n) is 7.29. The first-order valence-corrected chi connectivity index (χ1v) is 8.09. The van der Waals surface area contributed by atoms with E-state index in [1.54, 1.807) is 0 Å². The Labute approximate surface area is 159 Å². The third-order valence-corrected chi connectivity index (χ3v) is 3.75. The maximum absolute atomic E-state index is 12.8. The number of halogens is 4. The van der Waals surface area contributed by atoms with Gasteiger partial charge >= 0.3 is 12.1 Å². The molecule has 0 heterocycles. The van der Waals surface area contributed by atoms with Gasteiger partial charge in [0.05, 0.1) is 11.1 Å². The molecule has 0 saturated carbocycles. The van der Waals surface area contributed by atoms with Crippen LogP contribution in [0, 0.1) is 5.41 Å². The molecule has 10 heteroatoms. The van der Waals surface area contributed by atoms with Crippen LogP contribution in [0.25, 0.3) is 0 Å². The van der Waals surface area contributed by atoms with Crippen LogP contribution in [-0.2, 0) is 11.0 Å². The Morgan fingerprint density at radius 2 is 1.89 bits per heavy atom. The van der Waals surface area contributed by atoms with Gasteiger partial charge in [-0.3, -0.25) is 10.2 Å². The Morgan fingerprint density at radius 1 is 1.19 bits per heavy atom. The second-order valence-corrected chi connectivity index (χ2v) is 6.15. The number of hydrogen-bond donors (Lipinski definition) is 3. The van der Waals surface area contributed by atoms with Crippen LogP contribution in [0.5, 0.6) is 5.75 Å². The highest BCUT2D eigenvalue weighted by Crippen LogP contribution is 2.29. The Balaban J connectivity index is 2.23. The quantitative estimate of drug-likeness (QED) is 0.483. The smallest absolute Gasteiger partial charge is 0.416 e. The van der Waals surface area contributed by atoms with Gasteiger partial charge in [0.1, 0.15) is 11.6 Å². The van der Waals surface area contributed by atoms with E-state index in [9.17, 15) is 22.8 Å². The van der Waals surface area contributed by atoms with E-state index in [-0.39, 0.29) is 16.9 Å². The number of amides is 1. The van der Waals surface area contributed by atoms with Crippen molar-refractivity contribution in [1.82, 2.24) is 5.32 Å². The molecule has 0 unspecified atom stereocenters. The summed E-state index contributed by atoms with van der Waals surface area (Å²) < 4.78 is 43.8. The van der Waals surface area contributed by atoms with Crippen LogP contribution in [-0.4, -0.2) is 29.4 Å². The van der Waals surface area contributed by atoms with Gasteiger partial charge in [0.25, 0.3) is 5.91 Å². The number of carbonyl (C=O) groups excluding carboxylic acids is 1. The van der Waals surface area contributed by atoms with Crippen molar-refractivity contribution < 1.29 is 32.6 Å². The minimum atomic E-state index is -4.58. The van der Waals surface area contributed by atoms with Crippen LogP contribution in [0.2, 0.25) is 0 Å². The van der Waals surface area contributed by atoms with E-state index in [4.69, 9.17) is 15.3 Å². The topological polar surface area (TPSA) is 99.5 Å². The van der Waals surface area contributed by atoms with E-state index in [0.29, 0.717) is 4.47 Å². The van der Waals surface area contributed by atoms with E-state index in [0.717, 1.165) is 18.2 Å². The number of ether oxygens (including phenoxy) is 1.